The fraction of sp³-hybridized carbons (Fsp3) is 0.333. The molecule has 0 saturated heterocycles. The molecule has 1 unspecified atom stereocenters. The van der Waals surface area contributed by atoms with Gasteiger partial charge in [0.1, 0.15) is 17.1 Å². The number of aryl methyl sites for hydroxylation is 1. The van der Waals surface area contributed by atoms with Crippen LogP contribution in [0.25, 0.3) is 0 Å². The molecule has 7 nitrogen and oxygen atoms in total. The summed E-state index contributed by atoms with van der Waals surface area (Å²) in [7, 11) is 3.04. The number of nitrogens with one attached hydrogen (secondary N) is 2. The van der Waals surface area contributed by atoms with E-state index in [1.807, 2.05) is 6.07 Å². The maximum Gasteiger partial charge on any atom is 0.313 e. The van der Waals surface area contributed by atoms with Crippen molar-refractivity contribution in [2.75, 3.05) is 26.1 Å². The third kappa shape index (κ3) is 4.63. The largest absolute Gasteiger partial charge is 0.497 e. The highest BCUT2D eigenvalue weighted by Gasteiger charge is 2.35. The number of hydrogen-bond acceptors (Lipinski definition) is 5. The van der Waals surface area contributed by atoms with E-state index in [9.17, 15) is 14.7 Å². The zero-order valence-electron chi connectivity index (χ0n) is 16.3. The van der Waals surface area contributed by atoms with E-state index in [-0.39, 0.29) is 12.2 Å². The average molecular weight is 419 g/mol. The fourth-order valence-electron chi connectivity index (χ4n) is 3.51. The molecule has 0 radical (unpaired) electrons. The van der Waals surface area contributed by atoms with E-state index in [0.717, 1.165) is 24.0 Å². The van der Waals surface area contributed by atoms with Crippen molar-refractivity contribution in [2.24, 2.45) is 0 Å². The van der Waals surface area contributed by atoms with Gasteiger partial charge in [-0.05, 0) is 60.7 Å². The Hall–Kier alpha value is -2.77. The van der Waals surface area contributed by atoms with Gasteiger partial charge in [-0.3, -0.25) is 9.59 Å². The van der Waals surface area contributed by atoms with E-state index in [1.165, 1.54) is 13.2 Å². The van der Waals surface area contributed by atoms with Crippen molar-refractivity contribution in [1.82, 2.24) is 5.32 Å². The number of ether oxygens (including phenoxy) is 2. The van der Waals surface area contributed by atoms with Crippen molar-refractivity contribution in [1.29, 1.82) is 0 Å². The molecule has 2 amide bonds. The van der Waals surface area contributed by atoms with Gasteiger partial charge in [0.2, 0.25) is 0 Å². The number of rotatable bonds is 5. The highest BCUT2D eigenvalue weighted by molar-refractivity contribution is 6.40. The van der Waals surface area contributed by atoms with Crippen molar-refractivity contribution in [2.45, 2.75) is 24.9 Å². The minimum Gasteiger partial charge on any atom is -0.497 e. The van der Waals surface area contributed by atoms with Gasteiger partial charge in [0.15, 0.2) is 0 Å². The number of benzene rings is 2. The monoisotopic (exact) mass is 418 g/mol. The van der Waals surface area contributed by atoms with Gasteiger partial charge in [0, 0.05) is 5.02 Å². The Morgan fingerprint density at radius 1 is 1.14 bits per heavy atom. The van der Waals surface area contributed by atoms with Crippen molar-refractivity contribution in [3.05, 3.63) is 52.5 Å². The summed E-state index contributed by atoms with van der Waals surface area (Å²) in [5.74, 6) is -0.641. The lowest BCUT2D eigenvalue weighted by Crippen LogP contribution is -2.46. The molecule has 2 aromatic rings. The average Bonchev–Trinajstić information content (AvgIpc) is 2.72. The molecule has 8 heteroatoms. The normalized spacial score (nSPS) is 17.8. The SMILES string of the molecule is COc1ccc2c(c1)CCCC2(O)CNC(=O)C(=O)Nc1cc(Cl)ccc1OC. The quantitative estimate of drug-likeness (QED) is 0.648. The van der Waals surface area contributed by atoms with Crippen LogP contribution < -0.4 is 20.1 Å². The minimum atomic E-state index is -1.25. The molecular weight excluding hydrogens is 396 g/mol. The van der Waals surface area contributed by atoms with E-state index < -0.39 is 17.4 Å². The molecule has 154 valence electrons. The molecule has 3 rings (SSSR count). The summed E-state index contributed by atoms with van der Waals surface area (Å²) in [4.78, 5) is 24.6. The Bertz CT molecular complexity index is 933. The Morgan fingerprint density at radius 2 is 1.93 bits per heavy atom. The lowest BCUT2D eigenvalue weighted by molar-refractivity contribution is -0.137. The molecule has 1 aliphatic rings. The topological polar surface area (TPSA) is 96.9 Å². The number of halogens is 1. The molecule has 0 saturated carbocycles. The first-order chi connectivity index (χ1) is 13.9. The van der Waals surface area contributed by atoms with E-state index in [0.29, 0.717) is 22.9 Å². The predicted molar refractivity (Wildman–Crippen MR) is 109 cm³/mol. The summed E-state index contributed by atoms with van der Waals surface area (Å²) in [6.45, 7) is -0.0781. The van der Waals surface area contributed by atoms with Crippen LogP contribution >= 0.6 is 11.6 Å². The maximum absolute atomic E-state index is 12.3. The first-order valence-electron chi connectivity index (χ1n) is 9.19. The van der Waals surface area contributed by atoms with Gasteiger partial charge in [-0.1, -0.05) is 17.7 Å². The van der Waals surface area contributed by atoms with Crippen LogP contribution in [0.3, 0.4) is 0 Å². The van der Waals surface area contributed by atoms with E-state index >= 15 is 0 Å². The third-order valence-electron chi connectivity index (χ3n) is 5.01. The fourth-order valence-corrected chi connectivity index (χ4v) is 3.68. The summed E-state index contributed by atoms with van der Waals surface area (Å²) in [6, 6.07) is 10.2. The number of carbonyl (C=O) groups is 2. The van der Waals surface area contributed by atoms with E-state index in [2.05, 4.69) is 10.6 Å². The van der Waals surface area contributed by atoms with Crippen LogP contribution in [0.2, 0.25) is 5.02 Å². The maximum atomic E-state index is 12.3. The van der Waals surface area contributed by atoms with E-state index in [1.54, 1.807) is 31.4 Å². The molecule has 1 aliphatic carbocycles. The molecule has 0 bridgehead atoms. The second kappa shape index (κ2) is 8.71. The summed E-state index contributed by atoms with van der Waals surface area (Å²) < 4.78 is 10.4. The van der Waals surface area contributed by atoms with Gasteiger partial charge in [-0.25, -0.2) is 0 Å². The van der Waals surface area contributed by atoms with Gasteiger partial charge in [-0.15, -0.1) is 0 Å². The number of amides is 2. The van der Waals surface area contributed by atoms with Gasteiger partial charge in [0.05, 0.1) is 26.5 Å². The molecule has 0 heterocycles. The summed E-state index contributed by atoms with van der Waals surface area (Å²) in [5.41, 5.74) is 0.750. The third-order valence-corrected chi connectivity index (χ3v) is 5.24. The van der Waals surface area contributed by atoms with Crippen LogP contribution in [0.4, 0.5) is 5.69 Å². The van der Waals surface area contributed by atoms with Crippen LogP contribution in [0.5, 0.6) is 11.5 Å². The standard InChI is InChI=1S/C21H23ClN2O5/c1-28-15-6-7-16-13(10-15)4-3-9-21(16,27)12-23-19(25)20(26)24-17-11-14(22)5-8-18(17)29-2/h5-8,10-11,27H,3-4,9,12H2,1-2H3,(H,23,25)(H,24,26). The van der Waals surface area contributed by atoms with Gasteiger partial charge < -0.3 is 25.2 Å². The number of anilines is 1. The van der Waals surface area contributed by atoms with Crippen molar-refractivity contribution < 1.29 is 24.2 Å². The predicted octanol–water partition coefficient (Wildman–Crippen LogP) is 2.64. The molecule has 1 atom stereocenters. The first-order valence-corrected chi connectivity index (χ1v) is 9.56. The second-order valence-corrected chi connectivity index (χ2v) is 7.33. The Balaban J connectivity index is 1.68. The molecule has 29 heavy (non-hydrogen) atoms. The van der Waals surface area contributed by atoms with Crippen molar-refractivity contribution in [3.63, 3.8) is 0 Å². The smallest absolute Gasteiger partial charge is 0.313 e. The van der Waals surface area contributed by atoms with Crippen LogP contribution in [-0.2, 0) is 21.6 Å². The molecule has 0 aliphatic heterocycles. The van der Waals surface area contributed by atoms with Crippen LogP contribution in [0.1, 0.15) is 24.0 Å². The Kier molecular flexibility index (Phi) is 6.30. The van der Waals surface area contributed by atoms with Gasteiger partial charge >= 0.3 is 11.8 Å². The zero-order chi connectivity index (χ0) is 21.0. The molecule has 0 spiro atoms. The molecule has 0 aromatic heterocycles. The number of aliphatic hydroxyl groups is 1. The summed E-state index contributed by atoms with van der Waals surface area (Å²) >= 11 is 5.94. The van der Waals surface area contributed by atoms with Crippen LogP contribution in [0, 0.1) is 0 Å². The van der Waals surface area contributed by atoms with Crippen molar-refractivity contribution in [3.8, 4) is 11.5 Å². The first kappa shape index (κ1) is 21.0. The van der Waals surface area contributed by atoms with Gasteiger partial charge in [-0.2, -0.15) is 0 Å². The molecule has 0 fully saturated rings. The van der Waals surface area contributed by atoms with Gasteiger partial charge in [0.25, 0.3) is 0 Å². The Morgan fingerprint density at radius 3 is 2.66 bits per heavy atom. The van der Waals surface area contributed by atoms with Crippen LogP contribution in [0.15, 0.2) is 36.4 Å². The van der Waals surface area contributed by atoms with Crippen molar-refractivity contribution >= 4 is 29.1 Å². The minimum absolute atomic E-state index is 0.0781. The number of fused-ring (bicyclic) bond motifs is 1. The molecular formula is C21H23ClN2O5. The Labute approximate surface area is 174 Å². The summed E-state index contributed by atoms with van der Waals surface area (Å²) in [6.07, 6.45) is 2.06. The van der Waals surface area contributed by atoms with Crippen LogP contribution in [-0.4, -0.2) is 37.7 Å². The molecule has 3 N–H and O–H groups in total. The number of carbonyl (C=O) groups excluding carboxylic acids is 2. The number of hydrogen-bond donors (Lipinski definition) is 3. The molecule has 2 aromatic carbocycles. The lowest BCUT2D eigenvalue weighted by Gasteiger charge is -2.34. The lowest BCUT2D eigenvalue weighted by atomic mass is 9.79. The van der Waals surface area contributed by atoms with E-state index in [4.69, 9.17) is 21.1 Å². The summed E-state index contributed by atoms with van der Waals surface area (Å²) in [5, 5.41) is 16.5. The zero-order valence-corrected chi connectivity index (χ0v) is 17.0. The highest BCUT2D eigenvalue weighted by atomic mass is 35.5. The number of methoxy groups -OCH3 is 2. The second-order valence-electron chi connectivity index (χ2n) is 6.89. The highest BCUT2D eigenvalue weighted by Crippen LogP contribution is 2.36.